The predicted octanol–water partition coefficient (Wildman–Crippen LogP) is 5.13. The predicted molar refractivity (Wildman–Crippen MR) is 129 cm³/mol. The molecule has 1 amide bonds. The second-order valence-corrected chi connectivity index (χ2v) is 9.12. The van der Waals surface area contributed by atoms with Gasteiger partial charge in [0.2, 0.25) is 16.3 Å². The maximum absolute atomic E-state index is 11.8. The van der Waals surface area contributed by atoms with Gasteiger partial charge in [0.15, 0.2) is 0 Å². The molecular weight excluding hydrogens is 432 g/mol. The molecule has 0 aliphatic rings. The maximum Gasteiger partial charge on any atom is 0.219 e. The van der Waals surface area contributed by atoms with Gasteiger partial charge in [0.25, 0.3) is 0 Å². The van der Waals surface area contributed by atoms with Crippen LogP contribution in [0.1, 0.15) is 110 Å². The average Bonchev–Trinajstić information content (AvgIpc) is 2.70. The number of hydrogen-bond acceptors (Lipinski definition) is 6. The van der Waals surface area contributed by atoms with Crippen LogP contribution < -0.4 is 11.5 Å². The molecule has 0 aromatic heterocycles. The summed E-state index contributed by atoms with van der Waals surface area (Å²) >= 11 is 0. The van der Waals surface area contributed by atoms with Gasteiger partial charge in [0.1, 0.15) is 0 Å². The number of carbonyl (C=O) groups excluding carboxylic acids is 1. The van der Waals surface area contributed by atoms with Crippen molar-refractivity contribution in [3.8, 4) is 0 Å². The van der Waals surface area contributed by atoms with E-state index in [1.54, 1.807) is 0 Å². The lowest BCUT2D eigenvalue weighted by atomic mass is 10.1. The van der Waals surface area contributed by atoms with Gasteiger partial charge in [-0.25, -0.2) is 8.42 Å². The number of rotatable bonds is 22. The van der Waals surface area contributed by atoms with E-state index >= 15 is 0 Å². The molecule has 0 saturated carbocycles. The van der Waals surface area contributed by atoms with Crippen molar-refractivity contribution in [1.29, 1.82) is 0 Å². The second kappa shape index (κ2) is 23.2. The number of aliphatic hydroxyl groups is 1. The van der Waals surface area contributed by atoms with Crippen LogP contribution in [0.25, 0.3) is 0 Å². The maximum atomic E-state index is 11.8. The topological polar surface area (TPSA) is 152 Å². The van der Waals surface area contributed by atoms with E-state index in [0.717, 1.165) is 25.7 Å². The van der Waals surface area contributed by atoms with E-state index in [4.69, 9.17) is 5.11 Å². The van der Waals surface area contributed by atoms with Crippen LogP contribution in [-0.4, -0.2) is 43.2 Å². The standard InChI is InChI=1S/C23H45NO6S.H3N/c1-2-3-4-5-6-7-8-9-10-11-12-13-14-15-16-17-23(26)24-20-18-22(19-21-25)30-31(27,28)29;/h9-10,22,25H,2-8,11-21H2,1H3,(H,24,26)(H,27,28,29);1H3/b10-9-;. The van der Waals surface area contributed by atoms with Gasteiger partial charge in [0.05, 0.1) is 6.10 Å². The quantitative estimate of drug-likeness (QED) is 0.0844. The van der Waals surface area contributed by atoms with Gasteiger partial charge < -0.3 is 21.1 Å². The molecule has 0 bridgehead atoms. The number of quaternary nitrogens is 1. The molecule has 0 spiro atoms. The van der Waals surface area contributed by atoms with Gasteiger partial charge in [-0.05, 0) is 44.9 Å². The number of nitrogens with one attached hydrogen (secondary N) is 1. The molecule has 32 heavy (non-hydrogen) atoms. The van der Waals surface area contributed by atoms with Crippen LogP contribution in [0.15, 0.2) is 12.2 Å². The van der Waals surface area contributed by atoms with Crippen LogP contribution in [-0.2, 0) is 19.4 Å². The highest BCUT2D eigenvalue weighted by Crippen LogP contribution is 2.10. The van der Waals surface area contributed by atoms with Gasteiger partial charge in [-0.15, -0.1) is 0 Å². The Labute approximate surface area is 196 Å². The van der Waals surface area contributed by atoms with Crippen molar-refractivity contribution in [2.75, 3.05) is 13.2 Å². The van der Waals surface area contributed by atoms with Crippen LogP contribution in [0, 0.1) is 0 Å². The molecule has 6 N–H and O–H groups in total. The highest BCUT2D eigenvalue weighted by Gasteiger charge is 2.13. The van der Waals surface area contributed by atoms with Crippen LogP contribution >= 0.6 is 0 Å². The lowest BCUT2D eigenvalue weighted by molar-refractivity contribution is -0.121. The van der Waals surface area contributed by atoms with Crippen molar-refractivity contribution in [1.82, 2.24) is 11.5 Å². The Balaban J connectivity index is 0. The normalized spacial score (nSPS) is 12.6. The summed E-state index contributed by atoms with van der Waals surface area (Å²) in [7, 11) is -4.81. The first-order valence-electron chi connectivity index (χ1n) is 12.1. The molecule has 0 radical (unpaired) electrons. The largest absolute Gasteiger partial charge is 0.726 e. The number of allylic oxidation sites excluding steroid dienone is 2. The number of unbranched alkanes of at least 4 members (excludes halogenated alkanes) is 11. The zero-order valence-electron chi connectivity index (χ0n) is 20.4. The number of hydrogen-bond donors (Lipinski definition) is 3. The molecule has 0 aromatic carbocycles. The minimum atomic E-state index is -4.81. The molecule has 0 aliphatic carbocycles. The Morgan fingerprint density at radius 1 is 0.938 bits per heavy atom. The smallest absolute Gasteiger partial charge is 0.219 e. The van der Waals surface area contributed by atoms with Crippen molar-refractivity contribution in [2.24, 2.45) is 0 Å². The number of amides is 1. The Kier molecular flexibility index (Phi) is 24.0. The van der Waals surface area contributed by atoms with Gasteiger partial charge in [-0.1, -0.05) is 70.4 Å². The van der Waals surface area contributed by atoms with Crippen molar-refractivity contribution >= 4 is 16.3 Å². The van der Waals surface area contributed by atoms with Crippen molar-refractivity contribution in [3.05, 3.63) is 12.2 Å². The molecule has 192 valence electrons. The molecule has 0 heterocycles. The van der Waals surface area contributed by atoms with E-state index in [1.807, 2.05) is 0 Å². The number of aliphatic hydroxyl groups excluding tert-OH is 1. The molecule has 8 nitrogen and oxygen atoms in total. The van der Waals surface area contributed by atoms with Crippen molar-refractivity contribution < 1.29 is 27.1 Å². The second-order valence-electron chi connectivity index (χ2n) is 8.11. The van der Waals surface area contributed by atoms with E-state index in [-0.39, 0.29) is 38.1 Å². The fourth-order valence-corrected chi connectivity index (χ4v) is 3.89. The zero-order valence-corrected chi connectivity index (χ0v) is 21.2. The third-order valence-electron chi connectivity index (χ3n) is 5.16. The molecule has 0 fully saturated rings. The van der Waals surface area contributed by atoms with Crippen molar-refractivity contribution in [2.45, 2.75) is 116 Å². The fraction of sp³-hybridized carbons (Fsp3) is 0.870. The molecule has 0 aromatic rings. The summed E-state index contributed by atoms with van der Waals surface area (Å²) in [5.41, 5.74) is 0. The minimum absolute atomic E-state index is 0. The summed E-state index contributed by atoms with van der Waals surface area (Å²) in [6.07, 6.45) is 20.0. The van der Waals surface area contributed by atoms with Crippen LogP contribution in [0.3, 0.4) is 0 Å². The van der Waals surface area contributed by atoms with Crippen molar-refractivity contribution in [3.63, 3.8) is 0 Å². The molecule has 0 rings (SSSR count). The Bertz CT molecular complexity index is 555. The summed E-state index contributed by atoms with van der Waals surface area (Å²) in [4.78, 5) is 11.8. The van der Waals surface area contributed by atoms with Crippen LogP contribution in [0.4, 0.5) is 0 Å². The first-order valence-corrected chi connectivity index (χ1v) is 13.4. The van der Waals surface area contributed by atoms with Gasteiger partial charge in [-0.2, -0.15) is 0 Å². The van der Waals surface area contributed by atoms with E-state index in [1.165, 1.54) is 57.8 Å². The molecular formula is C23H48N2O6S. The third kappa shape index (κ3) is 25.3. The van der Waals surface area contributed by atoms with Gasteiger partial charge >= 0.3 is 0 Å². The Hall–Kier alpha value is -1.00. The molecule has 0 aliphatic heterocycles. The van der Waals surface area contributed by atoms with Crippen LogP contribution in [0.2, 0.25) is 0 Å². The third-order valence-corrected chi connectivity index (χ3v) is 5.67. The first kappa shape index (κ1) is 33.2. The molecule has 1 unspecified atom stereocenters. The summed E-state index contributed by atoms with van der Waals surface area (Å²) in [5.74, 6) is -0.0923. The van der Waals surface area contributed by atoms with E-state index in [2.05, 4.69) is 28.6 Å². The van der Waals surface area contributed by atoms with Gasteiger partial charge in [-0.3, -0.25) is 8.98 Å². The van der Waals surface area contributed by atoms with E-state index < -0.39 is 16.5 Å². The highest BCUT2D eigenvalue weighted by atomic mass is 32.3. The minimum Gasteiger partial charge on any atom is -0.726 e. The Morgan fingerprint density at radius 2 is 1.47 bits per heavy atom. The first-order chi connectivity index (χ1) is 14.9. The molecule has 9 heteroatoms. The fourth-order valence-electron chi connectivity index (χ4n) is 3.37. The van der Waals surface area contributed by atoms with Crippen LogP contribution in [0.5, 0.6) is 0 Å². The summed E-state index contributed by atoms with van der Waals surface area (Å²) < 4.78 is 36.2. The summed E-state index contributed by atoms with van der Waals surface area (Å²) in [5, 5.41) is 11.6. The SMILES string of the molecule is CCCCCCCC/C=C\CCCCCCCC(=O)NCCC(CCO)OS(=O)(=O)[O-].[NH4+]. The monoisotopic (exact) mass is 480 g/mol. The molecule has 0 saturated heterocycles. The summed E-state index contributed by atoms with van der Waals surface area (Å²) in [6, 6.07) is 0. The summed E-state index contributed by atoms with van der Waals surface area (Å²) in [6.45, 7) is 2.17. The Morgan fingerprint density at radius 3 is 2.00 bits per heavy atom. The zero-order chi connectivity index (χ0) is 23.2. The lowest BCUT2D eigenvalue weighted by Crippen LogP contribution is -2.29. The lowest BCUT2D eigenvalue weighted by Gasteiger charge is -2.18. The highest BCUT2D eigenvalue weighted by molar-refractivity contribution is 7.80. The van der Waals surface area contributed by atoms with E-state index in [0.29, 0.717) is 6.42 Å². The number of carbonyl (C=O) groups is 1. The van der Waals surface area contributed by atoms with E-state index in [9.17, 15) is 17.8 Å². The van der Waals surface area contributed by atoms with Gasteiger partial charge in [0, 0.05) is 19.6 Å². The average molecular weight is 481 g/mol. The molecule has 1 atom stereocenters.